The van der Waals surface area contributed by atoms with Gasteiger partial charge in [-0.05, 0) is 23.3 Å². The van der Waals surface area contributed by atoms with Crippen LogP contribution in [0.1, 0.15) is 27.7 Å². The highest BCUT2D eigenvalue weighted by Crippen LogP contribution is 2.25. The summed E-state index contributed by atoms with van der Waals surface area (Å²) >= 11 is 0. The van der Waals surface area contributed by atoms with Crippen LogP contribution in [0.4, 0.5) is 4.39 Å². The summed E-state index contributed by atoms with van der Waals surface area (Å²) in [5.74, 6) is -1.01. The van der Waals surface area contributed by atoms with Crippen LogP contribution in [0.25, 0.3) is 0 Å². The molecule has 1 atom stereocenters. The SMILES string of the molecule is O=C(O)c1ccc(C(F)c2ccccc2)cc1. The maximum absolute atomic E-state index is 14.1. The van der Waals surface area contributed by atoms with Crippen molar-refractivity contribution >= 4 is 5.97 Å². The van der Waals surface area contributed by atoms with E-state index in [0.29, 0.717) is 11.1 Å². The number of halogens is 1. The summed E-state index contributed by atoms with van der Waals surface area (Å²) < 4.78 is 14.1. The zero-order chi connectivity index (χ0) is 12.3. The van der Waals surface area contributed by atoms with Gasteiger partial charge in [-0.2, -0.15) is 0 Å². The summed E-state index contributed by atoms with van der Waals surface area (Å²) in [4.78, 5) is 10.7. The number of alkyl halides is 1. The minimum absolute atomic E-state index is 0.161. The van der Waals surface area contributed by atoms with E-state index < -0.39 is 12.1 Å². The molecule has 2 aromatic carbocycles. The van der Waals surface area contributed by atoms with Gasteiger partial charge in [0.15, 0.2) is 6.17 Å². The van der Waals surface area contributed by atoms with Gasteiger partial charge in [-0.1, -0.05) is 42.5 Å². The molecule has 0 saturated heterocycles. The second kappa shape index (κ2) is 4.78. The molecule has 1 N–H and O–H groups in total. The largest absolute Gasteiger partial charge is 0.478 e. The Hall–Kier alpha value is -2.16. The Morgan fingerprint density at radius 2 is 1.47 bits per heavy atom. The molecule has 2 rings (SSSR count). The van der Waals surface area contributed by atoms with Crippen LogP contribution in [-0.2, 0) is 0 Å². The number of rotatable bonds is 3. The molecule has 0 aliphatic carbocycles. The van der Waals surface area contributed by atoms with E-state index in [0.717, 1.165) is 0 Å². The normalized spacial score (nSPS) is 12.1. The summed E-state index contributed by atoms with van der Waals surface area (Å²) in [6.07, 6.45) is -1.22. The predicted octanol–water partition coefficient (Wildman–Crippen LogP) is 3.44. The minimum Gasteiger partial charge on any atom is -0.478 e. The van der Waals surface area contributed by atoms with E-state index in [1.807, 2.05) is 6.07 Å². The Morgan fingerprint density at radius 3 is 2.00 bits per heavy atom. The van der Waals surface area contributed by atoms with Crippen LogP contribution in [-0.4, -0.2) is 11.1 Å². The van der Waals surface area contributed by atoms with E-state index in [1.54, 1.807) is 24.3 Å². The smallest absolute Gasteiger partial charge is 0.335 e. The first-order valence-corrected chi connectivity index (χ1v) is 5.21. The first kappa shape index (κ1) is 11.3. The van der Waals surface area contributed by atoms with Crippen molar-refractivity contribution in [3.8, 4) is 0 Å². The molecule has 0 fully saturated rings. The van der Waals surface area contributed by atoms with Gasteiger partial charge in [0.05, 0.1) is 5.56 Å². The third kappa shape index (κ3) is 2.50. The van der Waals surface area contributed by atoms with Gasteiger partial charge >= 0.3 is 5.97 Å². The van der Waals surface area contributed by atoms with Crippen molar-refractivity contribution < 1.29 is 14.3 Å². The van der Waals surface area contributed by atoms with Gasteiger partial charge in [0.1, 0.15) is 0 Å². The third-order valence-corrected chi connectivity index (χ3v) is 2.54. The van der Waals surface area contributed by atoms with Gasteiger partial charge in [-0.25, -0.2) is 9.18 Å². The second-order valence-electron chi connectivity index (χ2n) is 3.70. The van der Waals surface area contributed by atoms with Crippen LogP contribution in [0.3, 0.4) is 0 Å². The maximum Gasteiger partial charge on any atom is 0.335 e. The molecular formula is C14H11FO2. The molecule has 1 unspecified atom stereocenters. The zero-order valence-corrected chi connectivity index (χ0v) is 9.01. The van der Waals surface area contributed by atoms with Crippen molar-refractivity contribution in [3.05, 3.63) is 71.3 Å². The Labute approximate surface area is 98.3 Å². The third-order valence-electron chi connectivity index (χ3n) is 2.54. The average molecular weight is 230 g/mol. The van der Waals surface area contributed by atoms with Gasteiger partial charge in [0.2, 0.25) is 0 Å². The van der Waals surface area contributed by atoms with E-state index in [-0.39, 0.29) is 5.56 Å². The molecule has 0 heterocycles. The quantitative estimate of drug-likeness (QED) is 0.876. The van der Waals surface area contributed by atoms with Crippen LogP contribution in [0, 0.1) is 0 Å². The lowest BCUT2D eigenvalue weighted by molar-refractivity contribution is 0.0697. The highest BCUT2D eigenvalue weighted by atomic mass is 19.1. The fourth-order valence-corrected chi connectivity index (χ4v) is 1.61. The van der Waals surface area contributed by atoms with Crippen LogP contribution >= 0.6 is 0 Å². The van der Waals surface area contributed by atoms with Gasteiger partial charge < -0.3 is 5.11 Å². The number of aromatic carboxylic acids is 1. The highest BCUT2D eigenvalue weighted by molar-refractivity contribution is 5.87. The molecule has 0 bridgehead atoms. The van der Waals surface area contributed by atoms with Gasteiger partial charge in [0.25, 0.3) is 0 Å². The van der Waals surface area contributed by atoms with Crippen molar-refractivity contribution in [1.29, 1.82) is 0 Å². The van der Waals surface area contributed by atoms with Crippen molar-refractivity contribution in [2.24, 2.45) is 0 Å². The second-order valence-corrected chi connectivity index (χ2v) is 3.70. The van der Waals surface area contributed by atoms with Crippen molar-refractivity contribution in [2.75, 3.05) is 0 Å². The number of carbonyl (C=O) groups is 1. The molecule has 0 radical (unpaired) electrons. The predicted molar refractivity (Wildman–Crippen MR) is 62.8 cm³/mol. The first-order chi connectivity index (χ1) is 8.18. The zero-order valence-electron chi connectivity index (χ0n) is 9.01. The number of carboxylic acid groups (broad SMARTS) is 1. The van der Waals surface area contributed by atoms with E-state index in [1.165, 1.54) is 24.3 Å². The van der Waals surface area contributed by atoms with Crippen LogP contribution in [0.15, 0.2) is 54.6 Å². The Bertz CT molecular complexity index is 506. The highest BCUT2D eigenvalue weighted by Gasteiger charge is 2.12. The van der Waals surface area contributed by atoms with Crippen molar-refractivity contribution in [1.82, 2.24) is 0 Å². The molecule has 0 spiro atoms. The maximum atomic E-state index is 14.1. The number of hydrogen-bond acceptors (Lipinski definition) is 1. The molecular weight excluding hydrogens is 219 g/mol. The standard InChI is InChI=1S/C14H11FO2/c15-13(10-4-2-1-3-5-10)11-6-8-12(9-7-11)14(16)17/h1-9,13H,(H,16,17). The molecule has 17 heavy (non-hydrogen) atoms. The van der Waals surface area contributed by atoms with E-state index >= 15 is 0 Å². The molecule has 0 amide bonds. The molecule has 2 nitrogen and oxygen atoms in total. The molecule has 3 heteroatoms. The van der Waals surface area contributed by atoms with Gasteiger partial charge in [0, 0.05) is 0 Å². The fraction of sp³-hybridized carbons (Fsp3) is 0.0714. The van der Waals surface area contributed by atoms with Crippen LogP contribution in [0.5, 0.6) is 0 Å². The average Bonchev–Trinajstić information content (AvgIpc) is 2.39. The van der Waals surface area contributed by atoms with Crippen LogP contribution in [0.2, 0.25) is 0 Å². The van der Waals surface area contributed by atoms with E-state index in [9.17, 15) is 9.18 Å². The Morgan fingerprint density at radius 1 is 0.941 bits per heavy atom. The molecule has 0 aromatic heterocycles. The number of carboxylic acids is 1. The number of hydrogen-bond donors (Lipinski definition) is 1. The summed E-state index contributed by atoms with van der Waals surface area (Å²) in [5.41, 5.74) is 1.19. The first-order valence-electron chi connectivity index (χ1n) is 5.21. The van der Waals surface area contributed by atoms with Crippen LogP contribution < -0.4 is 0 Å². The van der Waals surface area contributed by atoms with Crippen molar-refractivity contribution in [2.45, 2.75) is 6.17 Å². The van der Waals surface area contributed by atoms with E-state index in [2.05, 4.69) is 0 Å². The lowest BCUT2D eigenvalue weighted by Gasteiger charge is -2.08. The summed E-state index contributed by atoms with van der Waals surface area (Å²) in [5, 5.41) is 8.74. The molecule has 0 aliphatic rings. The fourth-order valence-electron chi connectivity index (χ4n) is 1.61. The molecule has 2 aromatic rings. The minimum atomic E-state index is -1.22. The lowest BCUT2D eigenvalue weighted by atomic mass is 10.0. The monoisotopic (exact) mass is 230 g/mol. The number of benzene rings is 2. The Kier molecular flexibility index (Phi) is 3.19. The molecule has 0 aliphatic heterocycles. The summed E-state index contributed by atoms with van der Waals surface area (Å²) in [6.45, 7) is 0. The lowest BCUT2D eigenvalue weighted by Crippen LogP contribution is -1.98. The van der Waals surface area contributed by atoms with E-state index in [4.69, 9.17) is 5.11 Å². The summed E-state index contributed by atoms with van der Waals surface area (Å²) in [6, 6.07) is 14.6. The van der Waals surface area contributed by atoms with Gasteiger partial charge in [-0.15, -0.1) is 0 Å². The molecule has 86 valence electrons. The van der Waals surface area contributed by atoms with Gasteiger partial charge in [-0.3, -0.25) is 0 Å². The Balaban J connectivity index is 2.26. The summed E-state index contributed by atoms with van der Waals surface area (Å²) in [7, 11) is 0. The topological polar surface area (TPSA) is 37.3 Å². The van der Waals surface area contributed by atoms with Crippen molar-refractivity contribution in [3.63, 3.8) is 0 Å². The molecule has 0 saturated carbocycles.